The normalized spacial score (nSPS) is 23.2. The van der Waals surface area contributed by atoms with Gasteiger partial charge in [-0.2, -0.15) is 0 Å². The highest BCUT2D eigenvalue weighted by Crippen LogP contribution is 2.25. The SMILES string of the molecule is CC(C)(C)C1=NC=C(CN2CCNCC2)CC1. The minimum Gasteiger partial charge on any atom is -0.314 e. The van der Waals surface area contributed by atoms with Gasteiger partial charge in [0.2, 0.25) is 0 Å². The molecule has 2 rings (SSSR count). The first-order valence-electron chi connectivity index (χ1n) is 6.74. The Morgan fingerprint density at radius 3 is 2.47 bits per heavy atom. The van der Waals surface area contributed by atoms with Crippen LogP contribution in [-0.2, 0) is 0 Å². The molecule has 0 aromatic heterocycles. The maximum absolute atomic E-state index is 4.66. The van der Waals surface area contributed by atoms with E-state index in [2.05, 4.69) is 42.2 Å². The third-order valence-electron chi connectivity index (χ3n) is 3.59. The molecule has 0 aromatic carbocycles. The van der Waals surface area contributed by atoms with Gasteiger partial charge in [0.25, 0.3) is 0 Å². The van der Waals surface area contributed by atoms with Crippen LogP contribution < -0.4 is 5.32 Å². The van der Waals surface area contributed by atoms with E-state index in [1.165, 1.54) is 30.8 Å². The van der Waals surface area contributed by atoms with Crippen LogP contribution in [0.25, 0.3) is 0 Å². The molecule has 0 amide bonds. The second-order valence-electron chi connectivity index (χ2n) is 6.14. The highest BCUT2D eigenvalue weighted by atomic mass is 15.2. The lowest BCUT2D eigenvalue weighted by molar-refractivity contribution is 0.257. The first kappa shape index (κ1) is 12.8. The number of aliphatic imine (C=N–C) groups is 1. The highest BCUT2D eigenvalue weighted by molar-refractivity contribution is 5.90. The Hall–Kier alpha value is -0.670. The van der Waals surface area contributed by atoms with Crippen LogP contribution in [0.1, 0.15) is 33.6 Å². The molecule has 0 saturated carbocycles. The molecular weight excluding hydrogens is 210 g/mol. The molecule has 96 valence electrons. The fourth-order valence-electron chi connectivity index (χ4n) is 2.42. The summed E-state index contributed by atoms with van der Waals surface area (Å²) >= 11 is 0. The lowest BCUT2D eigenvalue weighted by Crippen LogP contribution is -2.44. The summed E-state index contributed by atoms with van der Waals surface area (Å²) in [5.74, 6) is 0. The van der Waals surface area contributed by atoms with E-state index in [-0.39, 0.29) is 5.41 Å². The Labute approximate surface area is 105 Å². The zero-order valence-corrected chi connectivity index (χ0v) is 11.4. The first-order chi connectivity index (χ1) is 8.05. The molecule has 0 spiro atoms. The summed E-state index contributed by atoms with van der Waals surface area (Å²) in [7, 11) is 0. The molecule has 1 fully saturated rings. The minimum atomic E-state index is 0.233. The number of rotatable bonds is 2. The topological polar surface area (TPSA) is 27.6 Å². The van der Waals surface area contributed by atoms with Gasteiger partial charge in [-0.1, -0.05) is 20.8 Å². The number of hydrogen-bond acceptors (Lipinski definition) is 3. The van der Waals surface area contributed by atoms with Crippen molar-refractivity contribution in [2.24, 2.45) is 10.4 Å². The van der Waals surface area contributed by atoms with Crippen LogP contribution in [0.3, 0.4) is 0 Å². The zero-order valence-electron chi connectivity index (χ0n) is 11.4. The smallest absolute Gasteiger partial charge is 0.0272 e. The molecule has 0 aliphatic carbocycles. The van der Waals surface area contributed by atoms with Gasteiger partial charge in [0.15, 0.2) is 0 Å². The van der Waals surface area contributed by atoms with Gasteiger partial charge < -0.3 is 5.32 Å². The lowest BCUT2D eigenvalue weighted by atomic mass is 9.85. The molecule has 0 radical (unpaired) electrons. The Kier molecular flexibility index (Phi) is 4.00. The molecule has 1 N–H and O–H groups in total. The summed E-state index contributed by atoms with van der Waals surface area (Å²) in [6.07, 6.45) is 4.45. The van der Waals surface area contributed by atoms with Crippen LogP contribution in [0, 0.1) is 5.41 Å². The van der Waals surface area contributed by atoms with Crippen molar-refractivity contribution in [3.8, 4) is 0 Å². The summed E-state index contributed by atoms with van der Waals surface area (Å²) in [5, 5.41) is 3.39. The molecule has 17 heavy (non-hydrogen) atoms. The Balaban J connectivity index is 1.91. The second kappa shape index (κ2) is 5.32. The quantitative estimate of drug-likeness (QED) is 0.793. The van der Waals surface area contributed by atoms with Crippen molar-refractivity contribution in [3.05, 3.63) is 11.8 Å². The minimum absolute atomic E-state index is 0.233. The van der Waals surface area contributed by atoms with Gasteiger partial charge in [0.1, 0.15) is 0 Å². The van der Waals surface area contributed by atoms with Crippen molar-refractivity contribution in [1.82, 2.24) is 10.2 Å². The van der Waals surface area contributed by atoms with Crippen LogP contribution in [0.4, 0.5) is 0 Å². The molecule has 3 heteroatoms. The predicted octanol–water partition coefficient (Wildman–Crippen LogP) is 2.06. The molecule has 0 aromatic rings. The molecule has 1 saturated heterocycles. The summed E-state index contributed by atoms with van der Waals surface area (Å²) in [4.78, 5) is 7.19. The van der Waals surface area contributed by atoms with E-state index in [0.29, 0.717) is 0 Å². The van der Waals surface area contributed by atoms with Gasteiger partial charge in [-0.05, 0) is 18.4 Å². The van der Waals surface area contributed by atoms with Crippen molar-refractivity contribution >= 4 is 5.71 Å². The van der Waals surface area contributed by atoms with Crippen LogP contribution in [0.5, 0.6) is 0 Å². The first-order valence-corrected chi connectivity index (χ1v) is 6.74. The van der Waals surface area contributed by atoms with Crippen LogP contribution in [0.15, 0.2) is 16.8 Å². The molecule has 2 heterocycles. The van der Waals surface area contributed by atoms with Crippen molar-refractivity contribution < 1.29 is 0 Å². The van der Waals surface area contributed by atoms with Gasteiger partial charge in [0, 0.05) is 50.1 Å². The van der Waals surface area contributed by atoms with E-state index in [0.717, 1.165) is 26.1 Å². The monoisotopic (exact) mass is 235 g/mol. The summed E-state index contributed by atoms with van der Waals surface area (Å²) < 4.78 is 0. The van der Waals surface area contributed by atoms with Gasteiger partial charge in [-0.25, -0.2) is 0 Å². The van der Waals surface area contributed by atoms with E-state index in [1.54, 1.807) is 0 Å². The average molecular weight is 235 g/mol. The highest BCUT2D eigenvalue weighted by Gasteiger charge is 2.21. The third kappa shape index (κ3) is 3.65. The van der Waals surface area contributed by atoms with Crippen molar-refractivity contribution in [1.29, 1.82) is 0 Å². The molecule has 2 aliphatic rings. The fourth-order valence-corrected chi connectivity index (χ4v) is 2.42. The molecule has 0 bridgehead atoms. The Morgan fingerprint density at radius 2 is 1.94 bits per heavy atom. The molecular formula is C14H25N3. The van der Waals surface area contributed by atoms with Crippen LogP contribution in [-0.4, -0.2) is 43.3 Å². The van der Waals surface area contributed by atoms with Gasteiger partial charge in [-0.3, -0.25) is 9.89 Å². The van der Waals surface area contributed by atoms with E-state index in [9.17, 15) is 0 Å². The molecule has 0 unspecified atom stereocenters. The van der Waals surface area contributed by atoms with Gasteiger partial charge >= 0.3 is 0 Å². The third-order valence-corrected chi connectivity index (χ3v) is 3.59. The molecule has 2 aliphatic heterocycles. The van der Waals surface area contributed by atoms with Crippen molar-refractivity contribution in [2.75, 3.05) is 32.7 Å². The van der Waals surface area contributed by atoms with E-state index in [1.807, 2.05) is 0 Å². The van der Waals surface area contributed by atoms with Crippen molar-refractivity contribution in [2.45, 2.75) is 33.6 Å². The fraction of sp³-hybridized carbons (Fsp3) is 0.786. The maximum atomic E-state index is 4.66. The van der Waals surface area contributed by atoms with Gasteiger partial charge in [0.05, 0.1) is 0 Å². The Morgan fingerprint density at radius 1 is 1.24 bits per heavy atom. The van der Waals surface area contributed by atoms with Gasteiger partial charge in [-0.15, -0.1) is 0 Å². The summed E-state index contributed by atoms with van der Waals surface area (Å²) in [5.41, 5.74) is 3.08. The summed E-state index contributed by atoms with van der Waals surface area (Å²) in [6, 6.07) is 0. The number of hydrogen-bond donors (Lipinski definition) is 1. The lowest BCUT2D eigenvalue weighted by Gasteiger charge is -2.30. The second-order valence-corrected chi connectivity index (χ2v) is 6.14. The largest absolute Gasteiger partial charge is 0.314 e. The number of piperazine rings is 1. The summed E-state index contributed by atoms with van der Waals surface area (Å²) in [6.45, 7) is 12.5. The number of nitrogens with zero attached hydrogens (tertiary/aromatic N) is 2. The van der Waals surface area contributed by atoms with E-state index in [4.69, 9.17) is 0 Å². The molecule has 0 atom stereocenters. The predicted molar refractivity (Wildman–Crippen MR) is 73.5 cm³/mol. The standard InChI is InChI=1S/C14H25N3/c1-14(2,3)13-5-4-12(10-16-13)11-17-8-6-15-7-9-17/h10,15H,4-9,11H2,1-3H3. The van der Waals surface area contributed by atoms with Crippen LogP contribution >= 0.6 is 0 Å². The van der Waals surface area contributed by atoms with E-state index < -0.39 is 0 Å². The Bertz CT molecular complexity index is 317. The van der Waals surface area contributed by atoms with E-state index >= 15 is 0 Å². The van der Waals surface area contributed by atoms with Crippen molar-refractivity contribution in [3.63, 3.8) is 0 Å². The van der Waals surface area contributed by atoms with Crippen LogP contribution in [0.2, 0.25) is 0 Å². The average Bonchev–Trinajstić information content (AvgIpc) is 2.30. The molecule has 3 nitrogen and oxygen atoms in total. The zero-order chi connectivity index (χ0) is 12.3. The number of nitrogens with one attached hydrogen (secondary N) is 1. The maximum Gasteiger partial charge on any atom is 0.0272 e.